The minimum Gasteiger partial charge on any atom is -0.496 e. The number of hydrogen-bond donors (Lipinski definition) is 2. The number of benzene rings is 1. The first-order valence-electron chi connectivity index (χ1n) is 6.33. The van der Waals surface area contributed by atoms with Crippen LogP contribution in [0.1, 0.15) is 22.9 Å². The largest absolute Gasteiger partial charge is 0.496 e. The highest BCUT2D eigenvalue weighted by molar-refractivity contribution is 9.10. The Bertz CT molecular complexity index is 597. The van der Waals surface area contributed by atoms with Gasteiger partial charge in [-0.3, -0.25) is 16.0 Å². The van der Waals surface area contributed by atoms with Crippen molar-refractivity contribution >= 4 is 15.9 Å². The molecule has 0 saturated heterocycles. The van der Waals surface area contributed by atoms with E-state index >= 15 is 0 Å². The first-order chi connectivity index (χ1) is 9.56. The van der Waals surface area contributed by atoms with E-state index < -0.39 is 0 Å². The molecule has 108 valence electrons. The van der Waals surface area contributed by atoms with Crippen molar-refractivity contribution in [3.63, 3.8) is 0 Å². The van der Waals surface area contributed by atoms with Crippen LogP contribution in [0, 0.1) is 6.92 Å². The monoisotopic (exact) mass is 338 g/mol. The summed E-state index contributed by atoms with van der Waals surface area (Å²) in [6.07, 6.45) is 2.58. The number of nitrogens with two attached hydrogens (primary N) is 1. The minimum absolute atomic E-state index is 0.00750. The van der Waals surface area contributed by atoms with Crippen LogP contribution in [0.3, 0.4) is 0 Å². The molecule has 0 aliphatic carbocycles. The predicted octanol–water partition coefficient (Wildman–Crippen LogP) is 2.25. The van der Waals surface area contributed by atoms with Crippen molar-refractivity contribution in [2.24, 2.45) is 12.9 Å². The lowest BCUT2D eigenvalue weighted by molar-refractivity contribution is 0.405. The van der Waals surface area contributed by atoms with Gasteiger partial charge in [-0.1, -0.05) is 15.9 Å². The Morgan fingerprint density at radius 2 is 2.25 bits per heavy atom. The molecule has 0 amide bonds. The van der Waals surface area contributed by atoms with Crippen molar-refractivity contribution in [1.82, 2.24) is 15.2 Å². The number of ether oxygens (including phenoxy) is 1. The number of halogens is 1. The summed E-state index contributed by atoms with van der Waals surface area (Å²) in [5.74, 6) is 6.58. The summed E-state index contributed by atoms with van der Waals surface area (Å²) >= 11 is 3.49. The molecule has 0 saturated carbocycles. The van der Waals surface area contributed by atoms with E-state index in [-0.39, 0.29) is 6.04 Å². The third-order valence-electron chi connectivity index (χ3n) is 3.52. The van der Waals surface area contributed by atoms with Crippen molar-refractivity contribution in [3.05, 3.63) is 45.7 Å². The van der Waals surface area contributed by atoms with Crippen molar-refractivity contribution in [2.75, 3.05) is 7.11 Å². The third-order valence-corrected chi connectivity index (χ3v) is 4.01. The summed E-state index contributed by atoms with van der Waals surface area (Å²) in [5.41, 5.74) is 6.15. The molecule has 0 spiro atoms. The fraction of sp³-hybridized carbons (Fsp3) is 0.357. The van der Waals surface area contributed by atoms with Crippen molar-refractivity contribution in [2.45, 2.75) is 19.4 Å². The van der Waals surface area contributed by atoms with E-state index in [0.717, 1.165) is 33.5 Å². The Kier molecular flexibility index (Phi) is 4.80. The van der Waals surface area contributed by atoms with E-state index in [1.165, 1.54) is 0 Å². The first kappa shape index (κ1) is 15.0. The quantitative estimate of drug-likeness (QED) is 0.648. The van der Waals surface area contributed by atoms with Gasteiger partial charge >= 0.3 is 0 Å². The lowest BCUT2D eigenvalue weighted by atomic mass is 9.99. The lowest BCUT2D eigenvalue weighted by Gasteiger charge is -2.18. The molecule has 6 heteroatoms. The second kappa shape index (κ2) is 6.39. The number of hydrazine groups is 1. The second-order valence-electron chi connectivity index (χ2n) is 4.69. The van der Waals surface area contributed by atoms with Gasteiger partial charge in [0.05, 0.1) is 19.3 Å². The van der Waals surface area contributed by atoms with Gasteiger partial charge in [-0.2, -0.15) is 5.10 Å². The smallest absolute Gasteiger partial charge is 0.122 e. The number of nitrogens with one attached hydrogen (secondary N) is 1. The maximum Gasteiger partial charge on any atom is 0.122 e. The van der Waals surface area contributed by atoms with Gasteiger partial charge in [0.2, 0.25) is 0 Å². The first-order valence-corrected chi connectivity index (χ1v) is 7.13. The molecule has 0 radical (unpaired) electrons. The van der Waals surface area contributed by atoms with Gasteiger partial charge in [-0.15, -0.1) is 0 Å². The molecule has 3 N–H and O–H groups in total. The number of hydrogen-bond acceptors (Lipinski definition) is 4. The van der Waals surface area contributed by atoms with Gasteiger partial charge in [0, 0.05) is 22.8 Å². The van der Waals surface area contributed by atoms with Gasteiger partial charge in [-0.25, -0.2) is 0 Å². The molecule has 2 rings (SSSR count). The molecule has 0 aliphatic rings. The molecular weight excluding hydrogens is 320 g/mol. The van der Waals surface area contributed by atoms with Crippen molar-refractivity contribution in [3.8, 4) is 5.75 Å². The number of aryl methyl sites for hydroxylation is 1. The van der Waals surface area contributed by atoms with Crippen LogP contribution < -0.4 is 16.0 Å². The molecule has 2 aromatic rings. The average Bonchev–Trinajstić information content (AvgIpc) is 2.77. The van der Waals surface area contributed by atoms with E-state index in [2.05, 4.69) is 32.5 Å². The minimum atomic E-state index is -0.00750. The average molecular weight is 339 g/mol. The third kappa shape index (κ3) is 3.03. The molecule has 0 bridgehead atoms. The Balaban J connectivity index is 2.31. The number of methoxy groups -OCH3 is 1. The van der Waals surface area contributed by atoms with Gasteiger partial charge in [0.1, 0.15) is 5.75 Å². The van der Waals surface area contributed by atoms with Gasteiger partial charge in [0.15, 0.2) is 0 Å². The lowest BCUT2D eigenvalue weighted by Crippen LogP contribution is -2.30. The standard InChI is InChI=1S/C14H19BrN4O/c1-9-12(8-17-19(9)2)13(18-16)7-10-6-11(15)4-5-14(10)20-3/h4-6,8,13,18H,7,16H2,1-3H3. The highest BCUT2D eigenvalue weighted by Crippen LogP contribution is 2.28. The van der Waals surface area contributed by atoms with Crippen LogP contribution >= 0.6 is 15.9 Å². The topological polar surface area (TPSA) is 65.1 Å². The summed E-state index contributed by atoms with van der Waals surface area (Å²) < 4.78 is 8.27. The zero-order chi connectivity index (χ0) is 14.7. The van der Waals surface area contributed by atoms with Crippen molar-refractivity contribution < 1.29 is 4.74 Å². The molecular formula is C14H19BrN4O. The second-order valence-corrected chi connectivity index (χ2v) is 5.60. The molecule has 0 aliphatic heterocycles. The van der Waals surface area contributed by atoms with Crippen LogP contribution in [-0.2, 0) is 13.5 Å². The van der Waals surface area contributed by atoms with E-state index in [0.29, 0.717) is 0 Å². The zero-order valence-electron chi connectivity index (χ0n) is 11.9. The van der Waals surface area contributed by atoms with E-state index in [1.807, 2.05) is 37.0 Å². The highest BCUT2D eigenvalue weighted by Gasteiger charge is 2.18. The Labute approximate surface area is 127 Å². The van der Waals surface area contributed by atoms with Crippen LogP contribution in [-0.4, -0.2) is 16.9 Å². The van der Waals surface area contributed by atoms with E-state index in [1.54, 1.807) is 7.11 Å². The molecule has 20 heavy (non-hydrogen) atoms. The van der Waals surface area contributed by atoms with Crippen LogP contribution in [0.2, 0.25) is 0 Å². The van der Waals surface area contributed by atoms with Crippen LogP contribution in [0.5, 0.6) is 5.75 Å². The normalized spacial score (nSPS) is 12.4. The van der Waals surface area contributed by atoms with Crippen LogP contribution in [0.4, 0.5) is 0 Å². The van der Waals surface area contributed by atoms with Gasteiger partial charge in [0.25, 0.3) is 0 Å². The van der Waals surface area contributed by atoms with Crippen LogP contribution in [0.25, 0.3) is 0 Å². The number of nitrogens with zero attached hydrogens (tertiary/aromatic N) is 2. The predicted molar refractivity (Wildman–Crippen MR) is 82.4 cm³/mol. The Morgan fingerprint density at radius 3 is 2.80 bits per heavy atom. The summed E-state index contributed by atoms with van der Waals surface area (Å²) in [4.78, 5) is 0. The Hall–Kier alpha value is -1.37. The van der Waals surface area contributed by atoms with Crippen LogP contribution in [0.15, 0.2) is 28.9 Å². The van der Waals surface area contributed by atoms with E-state index in [9.17, 15) is 0 Å². The maximum atomic E-state index is 5.72. The fourth-order valence-corrected chi connectivity index (χ4v) is 2.65. The molecule has 1 aromatic heterocycles. The molecule has 1 atom stereocenters. The number of rotatable bonds is 5. The zero-order valence-corrected chi connectivity index (χ0v) is 13.4. The molecule has 0 fully saturated rings. The SMILES string of the molecule is COc1ccc(Br)cc1CC(NN)c1cnn(C)c1C. The molecule has 1 unspecified atom stereocenters. The van der Waals surface area contributed by atoms with Crippen molar-refractivity contribution in [1.29, 1.82) is 0 Å². The number of aromatic nitrogens is 2. The molecule has 1 aromatic carbocycles. The molecule has 1 heterocycles. The summed E-state index contributed by atoms with van der Waals surface area (Å²) in [5, 5.41) is 4.27. The van der Waals surface area contributed by atoms with E-state index in [4.69, 9.17) is 10.6 Å². The summed E-state index contributed by atoms with van der Waals surface area (Å²) in [6, 6.07) is 5.95. The maximum absolute atomic E-state index is 5.72. The molecule has 5 nitrogen and oxygen atoms in total. The summed E-state index contributed by atoms with van der Waals surface area (Å²) in [6.45, 7) is 2.03. The fourth-order valence-electron chi connectivity index (χ4n) is 2.24. The highest BCUT2D eigenvalue weighted by atomic mass is 79.9. The van der Waals surface area contributed by atoms with Gasteiger partial charge in [-0.05, 0) is 37.1 Å². The van der Waals surface area contributed by atoms with Gasteiger partial charge < -0.3 is 4.74 Å². The summed E-state index contributed by atoms with van der Waals surface area (Å²) in [7, 11) is 3.60. The Morgan fingerprint density at radius 1 is 1.50 bits per heavy atom.